The fraction of sp³-hybridized carbons (Fsp3) is 0.462. The number of nitrogens with one attached hydrogen (secondary N) is 1. The van der Waals surface area contributed by atoms with E-state index in [0.717, 1.165) is 24.7 Å². The molecule has 0 saturated carbocycles. The number of anilines is 1. The second-order valence-corrected chi connectivity index (χ2v) is 11.9. The highest BCUT2D eigenvalue weighted by molar-refractivity contribution is 7.92. The van der Waals surface area contributed by atoms with Gasteiger partial charge in [0, 0.05) is 31.1 Å². The summed E-state index contributed by atoms with van der Waals surface area (Å²) in [6.45, 7) is 4.69. The number of carbonyl (C=O) groups excluding carboxylic acids is 2. The number of hydrogen-bond acceptors (Lipinski definition) is 4. The molecule has 0 bridgehead atoms. The molecule has 1 N–H and O–H groups in total. The van der Waals surface area contributed by atoms with Crippen molar-refractivity contribution in [3.05, 3.63) is 63.1 Å². The zero-order valence-electron chi connectivity index (χ0n) is 21.3. The predicted octanol–water partition coefficient (Wildman–Crippen LogP) is 5.92. The molecule has 0 aliphatic rings. The maximum Gasteiger partial charge on any atom is 0.242 e. The van der Waals surface area contributed by atoms with Crippen LogP contribution < -0.4 is 9.62 Å². The van der Waals surface area contributed by atoms with E-state index in [-0.39, 0.29) is 37.7 Å². The van der Waals surface area contributed by atoms with Gasteiger partial charge in [0.25, 0.3) is 0 Å². The maximum atomic E-state index is 13.4. The Hall–Kier alpha value is -2.00. The van der Waals surface area contributed by atoms with Crippen LogP contribution in [-0.4, -0.2) is 50.5 Å². The van der Waals surface area contributed by atoms with Crippen LogP contribution in [0.3, 0.4) is 0 Å². The topological polar surface area (TPSA) is 86.8 Å². The number of amides is 2. The average Bonchev–Trinajstić information content (AvgIpc) is 2.84. The molecule has 0 fully saturated rings. The van der Waals surface area contributed by atoms with Gasteiger partial charge in [-0.2, -0.15) is 0 Å². The highest BCUT2D eigenvalue weighted by Crippen LogP contribution is 2.25. The molecule has 0 saturated heterocycles. The SMILES string of the molecule is CCCCNC(=O)[C@H](CC)N(Cc1ccc(Cl)c(Cl)c1)C(=O)CCCN(c1ccc(Cl)cc1)S(C)(=O)=O. The molecule has 0 aromatic heterocycles. The van der Waals surface area contributed by atoms with Gasteiger partial charge in [0.05, 0.1) is 22.0 Å². The Kier molecular flexibility index (Phi) is 12.5. The van der Waals surface area contributed by atoms with Gasteiger partial charge in [-0.3, -0.25) is 13.9 Å². The summed E-state index contributed by atoms with van der Waals surface area (Å²) in [7, 11) is -3.58. The van der Waals surface area contributed by atoms with Crippen molar-refractivity contribution in [2.45, 2.75) is 58.5 Å². The molecule has 1 atom stereocenters. The second-order valence-electron chi connectivity index (χ2n) is 8.75. The van der Waals surface area contributed by atoms with Gasteiger partial charge in [0.15, 0.2) is 0 Å². The molecule has 0 heterocycles. The lowest BCUT2D eigenvalue weighted by Crippen LogP contribution is -2.49. The number of nitrogens with zero attached hydrogens (tertiary/aromatic N) is 2. The van der Waals surface area contributed by atoms with Crippen LogP contribution in [0.2, 0.25) is 15.1 Å². The molecule has 0 radical (unpaired) electrons. The fourth-order valence-corrected chi connectivity index (χ4v) is 5.28. The summed E-state index contributed by atoms with van der Waals surface area (Å²) in [4.78, 5) is 28.0. The zero-order valence-corrected chi connectivity index (χ0v) is 24.4. The summed E-state index contributed by atoms with van der Waals surface area (Å²) in [5.74, 6) is -0.476. The molecule has 0 aliphatic carbocycles. The Morgan fingerprint density at radius 3 is 2.22 bits per heavy atom. The van der Waals surface area contributed by atoms with Crippen molar-refractivity contribution >= 4 is 62.3 Å². The maximum absolute atomic E-state index is 13.4. The third-order valence-electron chi connectivity index (χ3n) is 5.82. The number of carbonyl (C=O) groups is 2. The normalized spacial score (nSPS) is 12.2. The zero-order chi connectivity index (χ0) is 27.6. The molecule has 204 valence electrons. The molecule has 0 unspecified atom stereocenters. The molecule has 2 amide bonds. The summed E-state index contributed by atoms with van der Waals surface area (Å²) in [6.07, 6.45) is 3.64. The minimum absolute atomic E-state index is 0.0552. The first-order valence-corrected chi connectivity index (χ1v) is 15.2. The van der Waals surface area contributed by atoms with E-state index >= 15 is 0 Å². The van der Waals surface area contributed by atoms with Crippen molar-refractivity contribution in [2.24, 2.45) is 0 Å². The van der Waals surface area contributed by atoms with E-state index in [1.807, 2.05) is 13.8 Å². The van der Waals surface area contributed by atoms with Crippen molar-refractivity contribution in [2.75, 3.05) is 23.7 Å². The van der Waals surface area contributed by atoms with E-state index in [2.05, 4.69) is 5.32 Å². The van der Waals surface area contributed by atoms with Crippen LogP contribution in [0, 0.1) is 0 Å². The van der Waals surface area contributed by atoms with E-state index in [0.29, 0.717) is 33.7 Å². The molecule has 11 heteroatoms. The Morgan fingerprint density at radius 2 is 1.65 bits per heavy atom. The summed E-state index contributed by atoms with van der Waals surface area (Å²) >= 11 is 18.2. The summed E-state index contributed by atoms with van der Waals surface area (Å²) in [5.41, 5.74) is 1.20. The molecular formula is C26H34Cl3N3O4S. The molecule has 0 spiro atoms. The molecule has 2 rings (SSSR count). The van der Waals surface area contributed by atoms with Crippen LogP contribution in [0.1, 0.15) is 51.5 Å². The molecule has 2 aromatic rings. The van der Waals surface area contributed by atoms with Crippen molar-refractivity contribution in [1.29, 1.82) is 0 Å². The van der Waals surface area contributed by atoms with E-state index in [1.54, 1.807) is 42.5 Å². The molecule has 2 aromatic carbocycles. The summed E-state index contributed by atoms with van der Waals surface area (Å²) in [6, 6.07) is 10.9. The minimum Gasteiger partial charge on any atom is -0.354 e. The van der Waals surface area contributed by atoms with Crippen molar-refractivity contribution < 1.29 is 18.0 Å². The van der Waals surface area contributed by atoms with Gasteiger partial charge in [0.2, 0.25) is 21.8 Å². The van der Waals surface area contributed by atoms with Gasteiger partial charge in [-0.1, -0.05) is 61.1 Å². The highest BCUT2D eigenvalue weighted by Gasteiger charge is 2.29. The third-order valence-corrected chi connectivity index (χ3v) is 8.00. The lowest BCUT2D eigenvalue weighted by molar-refractivity contribution is -0.141. The summed E-state index contributed by atoms with van der Waals surface area (Å²) in [5, 5.41) is 4.17. The Bertz CT molecular complexity index is 1160. The van der Waals surface area contributed by atoms with Crippen molar-refractivity contribution in [3.8, 4) is 0 Å². The van der Waals surface area contributed by atoms with Crippen LogP contribution in [0.15, 0.2) is 42.5 Å². The number of benzene rings is 2. The minimum atomic E-state index is -3.58. The monoisotopic (exact) mass is 589 g/mol. The van der Waals surface area contributed by atoms with E-state index < -0.39 is 16.1 Å². The number of rotatable bonds is 14. The van der Waals surface area contributed by atoms with Gasteiger partial charge in [-0.15, -0.1) is 0 Å². The highest BCUT2D eigenvalue weighted by atomic mass is 35.5. The third kappa shape index (κ3) is 9.67. The number of hydrogen-bond donors (Lipinski definition) is 1. The first kappa shape index (κ1) is 31.2. The Morgan fingerprint density at radius 1 is 0.973 bits per heavy atom. The molecule has 0 aliphatic heterocycles. The fourth-order valence-electron chi connectivity index (χ4n) is 3.87. The van der Waals surface area contributed by atoms with Crippen LogP contribution in [0.4, 0.5) is 5.69 Å². The van der Waals surface area contributed by atoms with Gasteiger partial charge >= 0.3 is 0 Å². The van der Waals surface area contributed by atoms with Gasteiger partial charge < -0.3 is 10.2 Å². The number of unbranched alkanes of at least 4 members (excludes halogenated alkanes) is 1. The van der Waals surface area contributed by atoms with Crippen LogP contribution in [0.5, 0.6) is 0 Å². The Balaban J connectivity index is 2.21. The first-order chi connectivity index (χ1) is 17.5. The van der Waals surface area contributed by atoms with Crippen LogP contribution in [-0.2, 0) is 26.2 Å². The number of halogens is 3. The predicted molar refractivity (Wildman–Crippen MR) is 152 cm³/mol. The van der Waals surface area contributed by atoms with Crippen LogP contribution >= 0.6 is 34.8 Å². The largest absolute Gasteiger partial charge is 0.354 e. The summed E-state index contributed by atoms with van der Waals surface area (Å²) < 4.78 is 26.1. The molecular weight excluding hydrogens is 557 g/mol. The van der Waals surface area contributed by atoms with Crippen molar-refractivity contribution in [1.82, 2.24) is 10.2 Å². The van der Waals surface area contributed by atoms with E-state index in [1.165, 1.54) is 9.21 Å². The quantitative estimate of drug-likeness (QED) is 0.277. The average molecular weight is 591 g/mol. The van der Waals surface area contributed by atoms with Gasteiger partial charge in [-0.25, -0.2) is 8.42 Å². The van der Waals surface area contributed by atoms with Crippen molar-refractivity contribution in [3.63, 3.8) is 0 Å². The number of sulfonamides is 1. The smallest absolute Gasteiger partial charge is 0.242 e. The van der Waals surface area contributed by atoms with E-state index in [9.17, 15) is 18.0 Å². The molecule has 37 heavy (non-hydrogen) atoms. The van der Waals surface area contributed by atoms with E-state index in [4.69, 9.17) is 34.8 Å². The second kappa shape index (κ2) is 14.8. The Labute approximate surface area is 235 Å². The van der Waals surface area contributed by atoms with Crippen LogP contribution in [0.25, 0.3) is 0 Å². The van der Waals surface area contributed by atoms with Gasteiger partial charge in [0.1, 0.15) is 6.04 Å². The van der Waals surface area contributed by atoms with Gasteiger partial charge in [-0.05, 0) is 61.2 Å². The lowest BCUT2D eigenvalue weighted by Gasteiger charge is -2.31. The standard InChI is InChI=1S/C26H34Cl3N3O4S/c1-4-6-15-30-26(34)24(5-2)31(18-19-9-14-22(28)23(29)17-19)25(33)8-7-16-32(37(3,35)36)21-12-10-20(27)11-13-21/h9-14,17,24H,4-8,15-16,18H2,1-3H3,(H,30,34)/t24-/m0/s1. The first-order valence-electron chi connectivity index (χ1n) is 12.2. The lowest BCUT2D eigenvalue weighted by atomic mass is 10.1. The molecule has 7 nitrogen and oxygen atoms in total.